The number of hydrazone groups is 1. The summed E-state index contributed by atoms with van der Waals surface area (Å²) in [7, 11) is 0. The van der Waals surface area contributed by atoms with Crippen LogP contribution in [-0.2, 0) is 15.6 Å². The summed E-state index contributed by atoms with van der Waals surface area (Å²) < 4.78 is 0. The second kappa shape index (κ2) is 9.54. The molecule has 8 heteroatoms. The van der Waals surface area contributed by atoms with Crippen molar-refractivity contribution in [2.45, 2.75) is 57.3 Å². The first-order valence-corrected chi connectivity index (χ1v) is 11.9. The normalized spacial score (nSPS) is 12.4. The Bertz CT molecular complexity index is 1230. The maximum atomic E-state index is 12.4. The molecule has 0 spiro atoms. The Labute approximate surface area is 203 Å². The van der Waals surface area contributed by atoms with Crippen LogP contribution in [0.25, 0.3) is 10.9 Å². The van der Waals surface area contributed by atoms with E-state index in [9.17, 15) is 19.8 Å². The van der Waals surface area contributed by atoms with E-state index in [2.05, 4.69) is 57.1 Å². The summed E-state index contributed by atoms with van der Waals surface area (Å²) in [6.07, 6.45) is 3.14. The van der Waals surface area contributed by atoms with Crippen molar-refractivity contribution in [1.29, 1.82) is 0 Å². The van der Waals surface area contributed by atoms with Crippen LogP contribution in [0.2, 0.25) is 0 Å². The third-order valence-electron chi connectivity index (χ3n) is 5.44. The van der Waals surface area contributed by atoms with Crippen molar-refractivity contribution in [3.05, 3.63) is 58.8 Å². The van der Waals surface area contributed by atoms with Gasteiger partial charge in [-0.05, 0) is 29.0 Å². The van der Waals surface area contributed by atoms with Gasteiger partial charge in [-0.15, -0.1) is 11.8 Å². The molecule has 3 rings (SSSR count). The number of fused-ring (bicyclic) bond motifs is 1. The second-order valence-electron chi connectivity index (χ2n) is 10.2. The van der Waals surface area contributed by atoms with Crippen LogP contribution < -0.4 is 5.43 Å². The van der Waals surface area contributed by atoms with E-state index in [1.807, 2.05) is 12.1 Å². The Balaban J connectivity index is 1.71. The standard InChI is InChI=1S/C26H31N3O4S/c1-25(2,3)19-10-16(11-20(23(19)31)26(4,5)6)34-14-21(30)29-28-13-15-12-27-22-17(15)8-7-9-18(22)24(32)33/h7-13,27,31H,14H2,1-6H3,(H,29,30)(H,32,33). The Morgan fingerprint density at radius 1 is 1.09 bits per heavy atom. The molecule has 7 nitrogen and oxygen atoms in total. The van der Waals surface area contributed by atoms with Crippen LogP contribution in [0, 0.1) is 0 Å². The predicted octanol–water partition coefficient (Wildman–Crippen LogP) is 5.41. The van der Waals surface area contributed by atoms with Gasteiger partial charge in [0.2, 0.25) is 5.91 Å². The van der Waals surface area contributed by atoms with E-state index in [1.165, 1.54) is 24.0 Å². The number of carbonyl (C=O) groups is 2. The monoisotopic (exact) mass is 481 g/mol. The lowest BCUT2D eigenvalue weighted by atomic mass is 9.79. The summed E-state index contributed by atoms with van der Waals surface area (Å²) in [5.74, 6) is -0.815. The molecule has 1 amide bonds. The summed E-state index contributed by atoms with van der Waals surface area (Å²) in [5, 5.41) is 24.9. The molecule has 1 heterocycles. The number of para-hydroxylation sites is 1. The van der Waals surface area contributed by atoms with E-state index < -0.39 is 5.97 Å². The Morgan fingerprint density at radius 3 is 2.26 bits per heavy atom. The lowest BCUT2D eigenvalue weighted by Crippen LogP contribution is -2.20. The van der Waals surface area contributed by atoms with Crippen LogP contribution in [0.5, 0.6) is 5.75 Å². The van der Waals surface area contributed by atoms with Crippen molar-refractivity contribution in [3.8, 4) is 5.75 Å². The van der Waals surface area contributed by atoms with Gasteiger partial charge in [0.1, 0.15) is 5.75 Å². The number of thioether (sulfide) groups is 1. The molecule has 3 aromatic rings. The molecule has 1 aromatic heterocycles. The minimum absolute atomic E-state index is 0.159. The average Bonchev–Trinajstić information content (AvgIpc) is 3.14. The number of carboxylic acids is 1. The van der Waals surface area contributed by atoms with Crippen molar-refractivity contribution in [2.75, 3.05) is 5.75 Å². The van der Waals surface area contributed by atoms with Gasteiger partial charge in [-0.3, -0.25) is 4.79 Å². The zero-order valence-electron chi connectivity index (χ0n) is 20.3. The number of aromatic nitrogens is 1. The smallest absolute Gasteiger partial charge is 0.337 e. The van der Waals surface area contributed by atoms with Crippen LogP contribution in [-0.4, -0.2) is 39.0 Å². The molecule has 0 unspecified atom stereocenters. The molecular weight excluding hydrogens is 450 g/mol. The van der Waals surface area contributed by atoms with Gasteiger partial charge < -0.3 is 15.2 Å². The fraction of sp³-hybridized carbons (Fsp3) is 0.346. The number of aromatic carboxylic acids is 1. The number of aromatic hydroxyl groups is 1. The first-order chi connectivity index (χ1) is 15.8. The van der Waals surface area contributed by atoms with Gasteiger partial charge in [-0.1, -0.05) is 53.7 Å². The van der Waals surface area contributed by atoms with Crippen molar-refractivity contribution >= 4 is 40.8 Å². The molecule has 2 aromatic carbocycles. The van der Waals surface area contributed by atoms with E-state index >= 15 is 0 Å². The number of benzene rings is 2. The minimum Gasteiger partial charge on any atom is -0.507 e. The van der Waals surface area contributed by atoms with Gasteiger partial charge in [-0.25, -0.2) is 10.2 Å². The maximum Gasteiger partial charge on any atom is 0.337 e. The number of phenols is 1. The number of nitrogens with zero attached hydrogens (tertiary/aromatic N) is 1. The number of amides is 1. The minimum atomic E-state index is -1.01. The fourth-order valence-corrected chi connectivity index (χ4v) is 4.42. The zero-order chi connectivity index (χ0) is 25.3. The van der Waals surface area contributed by atoms with Gasteiger partial charge in [-0.2, -0.15) is 5.10 Å². The summed E-state index contributed by atoms with van der Waals surface area (Å²) in [6.45, 7) is 12.3. The van der Waals surface area contributed by atoms with Crippen molar-refractivity contribution in [2.24, 2.45) is 5.10 Å². The third kappa shape index (κ3) is 5.62. The van der Waals surface area contributed by atoms with Crippen molar-refractivity contribution in [3.63, 3.8) is 0 Å². The number of H-pyrrole nitrogens is 1. The summed E-state index contributed by atoms with van der Waals surface area (Å²) in [4.78, 5) is 27.6. The topological polar surface area (TPSA) is 115 Å². The molecule has 0 fully saturated rings. The van der Waals surface area contributed by atoms with E-state index in [0.29, 0.717) is 22.2 Å². The molecule has 4 N–H and O–H groups in total. The lowest BCUT2D eigenvalue weighted by molar-refractivity contribution is -0.118. The number of hydrogen-bond acceptors (Lipinski definition) is 5. The number of carboxylic acid groups (broad SMARTS) is 1. The van der Waals surface area contributed by atoms with Crippen LogP contribution >= 0.6 is 11.8 Å². The zero-order valence-corrected chi connectivity index (χ0v) is 21.1. The molecule has 0 aliphatic carbocycles. The molecule has 0 aliphatic heterocycles. The number of carbonyl (C=O) groups excluding carboxylic acids is 1. The lowest BCUT2D eigenvalue weighted by Gasteiger charge is -2.28. The third-order valence-corrected chi connectivity index (χ3v) is 6.42. The number of rotatable bonds is 6. The van der Waals surface area contributed by atoms with Crippen LogP contribution in [0.3, 0.4) is 0 Å². The summed E-state index contributed by atoms with van der Waals surface area (Å²) in [5.41, 5.74) is 5.10. The molecule has 0 aliphatic rings. The Hall–Kier alpha value is -3.26. The molecule has 34 heavy (non-hydrogen) atoms. The van der Waals surface area contributed by atoms with Gasteiger partial charge >= 0.3 is 5.97 Å². The molecule has 0 saturated carbocycles. The highest BCUT2D eigenvalue weighted by atomic mass is 32.2. The highest BCUT2D eigenvalue weighted by molar-refractivity contribution is 8.00. The van der Waals surface area contributed by atoms with Gasteiger partial charge in [0.15, 0.2) is 0 Å². The largest absolute Gasteiger partial charge is 0.507 e. The number of phenolic OH excluding ortho intramolecular Hbond substituents is 1. The van der Waals surface area contributed by atoms with Gasteiger partial charge in [0, 0.05) is 33.2 Å². The van der Waals surface area contributed by atoms with E-state index in [0.717, 1.165) is 16.0 Å². The SMILES string of the molecule is CC(C)(C)c1cc(SCC(=O)NN=Cc2c[nH]c3c(C(=O)O)cccc23)cc(C(C)(C)C)c1O. The number of nitrogens with one attached hydrogen (secondary N) is 2. The van der Waals surface area contributed by atoms with E-state index in [-0.39, 0.29) is 28.1 Å². The molecule has 0 bridgehead atoms. The number of hydrogen-bond donors (Lipinski definition) is 4. The maximum absolute atomic E-state index is 12.4. The van der Waals surface area contributed by atoms with Gasteiger partial charge in [0.05, 0.1) is 23.0 Å². The van der Waals surface area contributed by atoms with Crippen LogP contribution in [0.1, 0.15) is 68.6 Å². The molecule has 0 saturated heterocycles. The highest BCUT2D eigenvalue weighted by Gasteiger charge is 2.26. The molecule has 180 valence electrons. The van der Waals surface area contributed by atoms with Crippen molar-refractivity contribution < 1.29 is 19.8 Å². The second-order valence-corrected chi connectivity index (χ2v) is 11.3. The van der Waals surface area contributed by atoms with Crippen molar-refractivity contribution in [1.82, 2.24) is 10.4 Å². The van der Waals surface area contributed by atoms with Crippen LogP contribution in [0.4, 0.5) is 0 Å². The van der Waals surface area contributed by atoms with Gasteiger partial charge in [0.25, 0.3) is 0 Å². The van der Waals surface area contributed by atoms with Crippen LogP contribution in [0.15, 0.2) is 46.5 Å². The molecule has 0 atom stereocenters. The summed E-state index contributed by atoms with van der Waals surface area (Å²) >= 11 is 1.38. The van der Waals surface area contributed by atoms with E-state index in [4.69, 9.17) is 0 Å². The molecule has 0 radical (unpaired) electrons. The first-order valence-electron chi connectivity index (χ1n) is 10.9. The predicted molar refractivity (Wildman–Crippen MR) is 137 cm³/mol. The Kier molecular flexibility index (Phi) is 7.12. The fourth-order valence-electron chi connectivity index (χ4n) is 3.65. The highest BCUT2D eigenvalue weighted by Crippen LogP contribution is 2.41. The quantitative estimate of drug-likeness (QED) is 0.213. The average molecular weight is 482 g/mol. The first kappa shape index (κ1) is 25.4. The number of aromatic amines is 1. The van der Waals surface area contributed by atoms with E-state index in [1.54, 1.807) is 18.3 Å². The Morgan fingerprint density at radius 2 is 1.71 bits per heavy atom. The molecular formula is C26H31N3O4S. The summed E-state index contributed by atoms with van der Waals surface area (Å²) in [6, 6.07) is 8.87.